The van der Waals surface area contributed by atoms with Gasteiger partial charge in [0.25, 0.3) is 0 Å². The van der Waals surface area contributed by atoms with Gasteiger partial charge in [0.1, 0.15) is 12.2 Å². The molecule has 7 heteroatoms. The molecule has 1 aliphatic heterocycles. The van der Waals surface area contributed by atoms with Gasteiger partial charge in [0.05, 0.1) is 5.56 Å². The van der Waals surface area contributed by atoms with Gasteiger partial charge in [-0.25, -0.2) is 0 Å². The van der Waals surface area contributed by atoms with E-state index in [1.54, 1.807) is 24.3 Å². The fourth-order valence-electron chi connectivity index (χ4n) is 3.21. The summed E-state index contributed by atoms with van der Waals surface area (Å²) in [6.07, 6.45) is -3.44. The molecule has 0 radical (unpaired) electrons. The van der Waals surface area contributed by atoms with Crippen LogP contribution in [0.5, 0.6) is 11.5 Å². The summed E-state index contributed by atoms with van der Waals surface area (Å²) in [5.74, 6) is 1.01. The van der Waals surface area contributed by atoms with Crippen LogP contribution in [0.2, 0.25) is 5.02 Å². The van der Waals surface area contributed by atoms with Crippen LogP contribution in [0, 0.1) is 0 Å². The van der Waals surface area contributed by atoms with Crippen LogP contribution in [0.4, 0.5) is 13.2 Å². The molecule has 1 aliphatic carbocycles. The average Bonchev–Trinajstić information content (AvgIpc) is 2.95. The lowest BCUT2D eigenvalue weighted by molar-refractivity contribution is -0.137. The number of hydrogen-bond donors (Lipinski definition) is 1. The van der Waals surface area contributed by atoms with Gasteiger partial charge in [-0.15, -0.1) is 0 Å². The van der Waals surface area contributed by atoms with E-state index in [9.17, 15) is 13.2 Å². The van der Waals surface area contributed by atoms with Crippen molar-refractivity contribution >= 4 is 11.6 Å². The van der Waals surface area contributed by atoms with Gasteiger partial charge in [0.2, 0.25) is 0 Å². The maximum atomic E-state index is 13.0. The molecule has 1 saturated heterocycles. The molecule has 0 aromatic heterocycles. The fraction of sp³-hybridized carbons (Fsp3) is 0.368. The number of ether oxygens (including phenoxy) is 2. The molecule has 1 fully saturated rings. The van der Waals surface area contributed by atoms with Crippen LogP contribution < -0.4 is 14.8 Å². The second-order valence-electron chi connectivity index (χ2n) is 6.55. The highest BCUT2D eigenvalue weighted by atomic mass is 35.5. The zero-order valence-corrected chi connectivity index (χ0v) is 14.5. The molecule has 1 unspecified atom stereocenters. The predicted molar refractivity (Wildman–Crippen MR) is 91.9 cm³/mol. The Balaban J connectivity index is 1.60. The highest BCUT2D eigenvalue weighted by Gasteiger charge is 2.34. The first kappa shape index (κ1) is 17.5. The van der Waals surface area contributed by atoms with E-state index in [1.807, 2.05) is 0 Å². The number of hydrogen-bond acceptors (Lipinski definition) is 3. The predicted octanol–water partition coefficient (Wildman–Crippen LogP) is 4.78. The largest absolute Gasteiger partial charge is 0.484 e. The number of fused-ring (bicyclic) bond motifs is 1. The van der Waals surface area contributed by atoms with Crippen molar-refractivity contribution in [3.63, 3.8) is 0 Å². The van der Waals surface area contributed by atoms with E-state index >= 15 is 0 Å². The van der Waals surface area contributed by atoms with E-state index in [1.165, 1.54) is 6.07 Å². The first-order valence-electron chi connectivity index (χ1n) is 8.44. The van der Waals surface area contributed by atoms with Crippen LogP contribution in [0.25, 0.3) is 0 Å². The number of aryl methyl sites for hydroxylation is 1. The Morgan fingerprint density at radius 1 is 1.00 bits per heavy atom. The van der Waals surface area contributed by atoms with Gasteiger partial charge in [-0.05, 0) is 48.2 Å². The summed E-state index contributed by atoms with van der Waals surface area (Å²) in [5, 5.41) is 3.64. The summed E-state index contributed by atoms with van der Waals surface area (Å²) < 4.78 is 51.0. The molecule has 2 aliphatic rings. The van der Waals surface area contributed by atoms with Gasteiger partial charge in [0.15, 0.2) is 11.5 Å². The Hall–Kier alpha value is -1.92. The summed E-state index contributed by atoms with van der Waals surface area (Å²) in [6.45, 7) is 1.49. The molecule has 0 amide bonds. The molecule has 138 valence electrons. The Labute approximate surface area is 154 Å². The average molecular weight is 384 g/mol. The zero-order chi connectivity index (χ0) is 18.3. The standard InChI is InChI=1S/C19H17ClF3NO2/c20-13-4-6-17(18(8-13)25-14-9-24-10-14)26-16-5-2-11-1-3-12(7-15(11)16)19(21,22)23/h1,3-4,6-8,14,16,24H,2,5,9-10H2. The summed E-state index contributed by atoms with van der Waals surface area (Å²) in [7, 11) is 0. The van der Waals surface area contributed by atoms with Crippen LogP contribution >= 0.6 is 11.6 Å². The van der Waals surface area contributed by atoms with E-state index < -0.39 is 17.8 Å². The van der Waals surface area contributed by atoms with Gasteiger partial charge in [0, 0.05) is 24.2 Å². The van der Waals surface area contributed by atoms with Crippen molar-refractivity contribution in [3.8, 4) is 11.5 Å². The third-order valence-electron chi connectivity index (χ3n) is 4.71. The van der Waals surface area contributed by atoms with Gasteiger partial charge in [-0.1, -0.05) is 17.7 Å². The van der Waals surface area contributed by atoms with Crippen LogP contribution in [-0.2, 0) is 12.6 Å². The first-order chi connectivity index (χ1) is 12.4. The maximum absolute atomic E-state index is 13.0. The minimum Gasteiger partial charge on any atom is -0.484 e. The number of halogens is 4. The summed E-state index contributed by atoms with van der Waals surface area (Å²) >= 11 is 6.05. The van der Waals surface area contributed by atoms with Crippen molar-refractivity contribution in [2.45, 2.75) is 31.2 Å². The zero-order valence-electron chi connectivity index (χ0n) is 13.8. The first-order valence-corrected chi connectivity index (χ1v) is 8.81. The van der Waals surface area contributed by atoms with Crippen LogP contribution in [0.3, 0.4) is 0 Å². The van der Waals surface area contributed by atoms with Gasteiger partial charge in [-0.3, -0.25) is 0 Å². The molecular formula is C19H17ClF3NO2. The molecule has 3 nitrogen and oxygen atoms in total. The summed E-state index contributed by atoms with van der Waals surface area (Å²) in [5.41, 5.74) is 0.827. The lowest BCUT2D eigenvalue weighted by Gasteiger charge is -2.29. The molecule has 2 aromatic carbocycles. The molecule has 1 atom stereocenters. The third-order valence-corrected chi connectivity index (χ3v) is 4.94. The van der Waals surface area contributed by atoms with Gasteiger partial charge in [-0.2, -0.15) is 13.2 Å². The van der Waals surface area contributed by atoms with Crippen molar-refractivity contribution in [1.82, 2.24) is 5.32 Å². The molecule has 1 N–H and O–H groups in total. The molecule has 0 bridgehead atoms. The quantitative estimate of drug-likeness (QED) is 0.824. The highest BCUT2D eigenvalue weighted by Crippen LogP contribution is 2.41. The summed E-state index contributed by atoms with van der Waals surface area (Å²) in [4.78, 5) is 0. The van der Waals surface area contributed by atoms with E-state index in [0.717, 1.165) is 24.7 Å². The molecule has 4 rings (SSSR count). The van der Waals surface area contributed by atoms with E-state index in [0.29, 0.717) is 34.9 Å². The monoisotopic (exact) mass is 383 g/mol. The molecule has 26 heavy (non-hydrogen) atoms. The van der Waals surface area contributed by atoms with Crippen molar-refractivity contribution in [2.75, 3.05) is 13.1 Å². The Morgan fingerprint density at radius 2 is 1.81 bits per heavy atom. The molecule has 2 aromatic rings. The van der Waals surface area contributed by atoms with Crippen molar-refractivity contribution in [2.24, 2.45) is 0 Å². The minimum absolute atomic E-state index is 0.0449. The van der Waals surface area contributed by atoms with Crippen LogP contribution in [-0.4, -0.2) is 19.2 Å². The fourth-order valence-corrected chi connectivity index (χ4v) is 3.37. The Morgan fingerprint density at radius 3 is 2.50 bits per heavy atom. The lowest BCUT2D eigenvalue weighted by Crippen LogP contribution is -2.50. The SMILES string of the molecule is FC(F)(F)c1ccc2c(c1)C(Oc1ccc(Cl)cc1OC1CNC1)CC2. The Bertz CT molecular complexity index is 821. The smallest absolute Gasteiger partial charge is 0.416 e. The molecule has 1 heterocycles. The Kier molecular flexibility index (Phi) is 4.49. The number of nitrogens with one attached hydrogen (secondary N) is 1. The lowest BCUT2D eigenvalue weighted by atomic mass is 10.1. The normalized spacial score (nSPS) is 19.8. The number of rotatable bonds is 4. The van der Waals surface area contributed by atoms with E-state index in [-0.39, 0.29) is 6.10 Å². The highest BCUT2D eigenvalue weighted by molar-refractivity contribution is 6.30. The number of benzene rings is 2. The second-order valence-corrected chi connectivity index (χ2v) is 6.98. The van der Waals surface area contributed by atoms with E-state index in [4.69, 9.17) is 21.1 Å². The van der Waals surface area contributed by atoms with Gasteiger partial charge < -0.3 is 14.8 Å². The number of alkyl halides is 3. The van der Waals surface area contributed by atoms with Crippen LogP contribution in [0.1, 0.15) is 29.2 Å². The topological polar surface area (TPSA) is 30.5 Å². The molecular weight excluding hydrogens is 367 g/mol. The third kappa shape index (κ3) is 3.48. The van der Waals surface area contributed by atoms with Crippen molar-refractivity contribution in [3.05, 3.63) is 58.1 Å². The second kappa shape index (κ2) is 6.67. The van der Waals surface area contributed by atoms with Gasteiger partial charge >= 0.3 is 6.18 Å². The summed E-state index contributed by atoms with van der Waals surface area (Å²) in [6, 6.07) is 8.93. The van der Waals surface area contributed by atoms with Crippen molar-refractivity contribution < 1.29 is 22.6 Å². The maximum Gasteiger partial charge on any atom is 0.416 e. The van der Waals surface area contributed by atoms with Crippen molar-refractivity contribution in [1.29, 1.82) is 0 Å². The van der Waals surface area contributed by atoms with E-state index in [2.05, 4.69) is 5.32 Å². The minimum atomic E-state index is -4.37. The van der Waals surface area contributed by atoms with Crippen LogP contribution in [0.15, 0.2) is 36.4 Å². The molecule has 0 spiro atoms. The molecule has 0 saturated carbocycles.